The summed E-state index contributed by atoms with van der Waals surface area (Å²) in [5.41, 5.74) is 1.83. The van der Waals surface area contributed by atoms with Crippen molar-refractivity contribution in [2.75, 3.05) is 6.61 Å². The van der Waals surface area contributed by atoms with E-state index in [1.165, 1.54) is 17.9 Å². The maximum Gasteiger partial charge on any atom is 0.332 e. The molecule has 0 saturated heterocycles. The summed E-state index contributed by atoms with van der Waals surface area (Å²) in [6.45, 7) is 4.16. The number of ether oxygens (including phenoxy) is 1. The molecular formula is C18H22N4O4. The van der Waals surface area contributed by atoms with Gasteiger partial charge in [-0.05, 0) is 25.5 Å². The molecule has 0 fully saturated rings. The molecule has 0 aliphatic carbocycles. The van der Waals surface area contributed by atoms with Crippen molar-refractivity contribution in [1.29, 1.82) is 0 Å². The highest BCUT2D eigenvalue weighted by atomic mass is 16.5. The molecule has 0 aliphatic rings. The van der Waals surface area contributed by atoms with E-state index < -0.39 is 17.4 Å². The van der Waals surface area contributed by atoms with E-state index in [1.807, 2.05) is 32.0 Å². The van der Waals surface area contributed by atoms with Gasteiger partial charge < -0.3 is 14.4 Å². The van der Waals surface area contributed by atoms with Crippen molar-refractivity contribution in [2.45, 2.75) is 26.5 Å². The molecule has 8 nitrogen and oxygen atoms in total. The highest BCUT2D eigenvalue weighted by Crippen LogP contribution is 2.19. The molecule has 1 atom stereocenters. The van der Waals surface area contributed by atoms with Crippen molar-refractivity contribution in [3.63, 3.8) is 0 Å². The molecule has 1 aromatic carbocycles. The van der Waals surface area contributed by atoms with E-state index in [2.05, 4.69) is 4.98 Å². The Morgan fingerprint density at radius 1 is 1.19 bits per heavy atom. The van der Waals surface area contributed by atoms with Crippen LogP contribution >= 0.6 is 0 Å². The van der Waals surface area contributed by atoms with E-state index in [9.17, 15) is 14.7 Å². The Bertz CT molecular complexity index is 1080. The van der Waals surface area contributed by atoms with Crippen LogP contribution in [-0.2, 0) is 20.6 Å². The molecular weight excluding hydrogens is 336 g/mol. The van der Waals surface area contributed by atoms with Crippen molar-refractivity contribution in [1.82, 2.24) is 18.7 Å². The first-order chi connectivity index (χ1) is 12.3. The van der Waals surface area contributed by atoms with Crippen LogP contribution in [0.3, 0.4) is 0 Å². The van der Waals surface area contributed by atoms with Crippen molar-refractivity contribution in [3.05, 3.63) is 56.5 Å². The molecule has 26 heavy (non-hydrogen) atoms. The lowest BCUT2D eigenvalue weighted by Gasteiger charge is -2.15. The van der Waals surface area contributed by atoms with Gasteiger partial charge in [-0.15, -0.1) is 0 Å². The zero-order valence-corrected chi connectivity index (χ0v) is 15.3. The highest BCUT2D eigenvalue weighted by molar-refractivity contribution is 5.69. The molecule has 3 rings (SSSR count). The number of hydrogen-bond donors (Lipinski definition) is 1. The van der Waals surface area contributed by atoms with Gasteiger partial charge in [0.25, 0.3) is 5.56 Å². The number of aliphatic hydroxyl groups is 1. The van der Waals surface area contributed by atoms with Crippen LogP contribution in [0.4, 0.5) is 0 Å². The van der Waals surface area contributed by atoms with Crippen LogP contribution in [0.2, 0.25) is 0 Å². The van der Waals surface area contributed by atoms with E-state index in [0.717, 1.165) is 15.7 Å². The molecule has 0 radical (unpaired) electrons. The topological polar surface area (TPSA) is 91.3 Å². The Balaban J connectivity index is 1.81. The lowest BCUT2D eigenvalue weighted by Crippen LogP contribution is -2.38. The predicted molar refractivity (Wildman–Crippen MR) is 97.6 cm³/mol. The Labute approximate surface area is 149 Å². The van der Waals surface area contributed by atoms with Crippen LogP contribution in [-0.4, -0.2) is 36.5 Å². The first-order valence-corrected chi connectivity index (χ1v) is 8.28. The number of benzene rings is 1. The molecule has 8 heteroatoms. The third-order valence-corrected chi connectivity index (χ3v) is 4.39. The molecule has 3 aromatic rings. The monoisotopic (exact) mass is 358 g/mol. The van der Waals surface area contributed by atoms with Gasteiger partial charge in [-0.25, -0.2) is 9.78 Å². The third kappa shape index (κ3) is 3.15. The van der Waals surface area contributed by atoms with E-state index in [4.69, 9.17) is 4.74 Å². The number of rotatable bonds is 5. The van der Waals surface area contributed by atoms with Crippen LogP contribution in [0.25, 0.3) is 11.2 Å². The van der Waals surface area contributed by atoms with Gasteiger partial charge in [0, 0.05) is 14.1 Å². The van der Waals surface area contributed by atoms with E-state index >= 15 is 0 Å². The number of imidazole rings is 1. The maximum absolute atomic E-state index is 12.4. The molecule has 0 saturated carbocycles. The van der Waals surface area contributed by atoms with Crippen LogP contribution in [0.15, 0.2) is 34.1 Å². The summed E-state index contributed by atoms with van der Waals surface area (Å²) >= 11 is 0. The van der Waals surface area contributed by atoms with E-state index in [-0.39, 0.29) is 18.7 Å². The molecule has 1 N–H and O–H groups in total. The third-order valence-electron chi connectivity index (χ3n) is 4.39. The van der Waals surface area contributed by atoms with Crippen LogP contribution < -0.4 is 16.0 Å². The maximum atomic E-state index is 12.4. The largest absolute Gasteiger partial charge is 0.491 e. The van der Waals surface area contributed by atoms with Crippen molar-refractivity contribution in [3.8, 4) is 5.75 Å². The average molecular weight is 358 g/mol. The van der Waals surface area contributed by atoms with Crippen LogP contribution in [0, 0.1) is 13.8 Å². The fraction of sp³-hybridized carbons (Fsp3) is 0.389. The molecule has 0 bridgehead atoms. The minimum atomic E-state index is -0.838. The second-order valence-corrected chi connectivity index (χ2v) is 6.51. The zero-order chi connectivity index (χ0) is 19.0. The number of aliphatic hydroxyl groups excluding tert-OH is 1. The van der Waals surface area contributed by atoms with Gasteiger partial charge in [0.1, 0.15) is 18.5 Å². The number of nitrogens with zero attached hydrogens (tertiary/aromatic N) is 4. The number of hydrogen-bond acceptors (Lipinski definition) is 5. The first-order valence-electron chi connectivity index (χ1n) is 8.28. The fourth-order valence-electron chi connectivity index (χ4n) is 2.96. The van der Waals surface area contributed by atoms with Gasteiger partial charge >= 0.3 is 5.69 Å². The molecule has 0 aliphatic heterocycles. The molecule has 138 valence electrons. The standard InChI is InChI=1S/C18H22N4O4/c1-11-5-6-14(12(2)7-11)26-9-13(23)8-22-10-19-16-15(22)17(24)21(4)18(25)20(16)3/h5-7,10,13,23H,8-9H2,1-4H3/t13-/m0/s1. The lowest BCUT2D eigenvalue weighted by molar-refractivity contribution is 0.0930. The summed E-state index contributed by atoms with van der Waals surface area (Å²) in [4.78, 5) is 28.5. The molecule has 2 aromatic heterocycles. The van der Waals surface area contributed by atoms with E-state index in [0.29, 0.717) is 11.4 Å². The minimum Gasteiger partial charge on any atom is -0.491 e. The molecule has 0 unspecified atom stereocenters. The quantitative estimate of drug-likeness (QED) is 0.717. The van der Waals surface area contributed by atoms with Crippen LogP contribution in [0.5, 0.6) is 5.75 Å². The SMILES string of the molecule is Cc1ccc(OC[C@@H](O)Cn2cnc3c2c(=O)n(C)c(=O)n3C)c(C)c1. The first kappa shape index (κ1) is 17.9. The molecule has 2 heterocycles. The van der Waals surface area contributed by atoms with Crippen molar-refractivity contribution in [2.24, 2.45) is 14.1 Å². The summed E-state index contributed by atoms with van der Waals surface area (Å²) in [6.07, 6.45) is 0.612. The Kier molecular flexibility index (Phi) is 4.69. The van der Waals surface area contributed by atoms with Gasteiger partial charge in [-0.2, -0.15) is 0 Å². The van der Waals surface area contributed by atoms with Gasteiger partial charge in [-0.1, -0.05) is 17.7 Å². The van der Waals surface area contributed by atoms with E-state index in [1.54, 1.807) is 11.6 Å². The van der Waals surface area contributed by atoms with Gasteiger partial charge in [-0.3, -0.25) is 13.9 Å². The lowest BCUT2D eigenvalue weighted by atomic mass is 10.1. The Morgan fingerprint density at radius 2 is 1.92 bits per heavy atom. The summed E-state index contributed by atoms with van der Waals surface area (Å²) in [6, 6.07) is 5.83. The van der Waals surface area contributed by atoms with Gasteiger partial charge in [0.05, 0.1) is 12.9 Å². The number of aryl methyl sites for hydroxylation is 3. The highest BCUT2D eigenvalue weighted by Gasteiger charge is 2.16. The Hall–Kier alpha value is -2.87. The molecule has 0 amide bonds. The average Bonchev–Trinajstić information content (AvgIpc) is 3.01. The normalized spacial score (nSPS) is 12.5. The second kappa shape index (κ2) is 6.80. The second-order valence-electron chi connectivity index (χ2n) is 6.51. The fourth-order valence-corrected chi connectivity index (χ4v) is 2.96. The minimum absolute atomic E-state index is 0.0790. The zero-order valence-electron chi connectivity index (χ0n) is 15.3. The van der Waals surface area contributed by atoms with Gasteiger partial charge in [0.15, 0.2) is 11.2 Å². The number of fused-ring (bicyclic) bond motifs is 1. The van der Waals surface area contributed by atoms with Crippen LogP contribution in [0.1, 0.15) is 11.1 Å². The van der Waals surface area contributed by atoms with Crippen molar-refractivity contribution < 1.29 is 9.84 Å². The smallest absolute Gasteiger partial charge is 0.332 e. The van der Waals surface area contributed by atoms with Gasteiger partial charge in [0.2, 0.25) is 0 Å². The number of aromatic nitrogens is 4. The van der Waals surface area contributed by atoms with Crippen molar-refractivity contribution >= 4 is 11.2 Å². The molecule has 0 spiro atoms. The summed E-state index contributed by atoms with van der Waals surface area (Å²) < 4.78 is 9.58. The summed E-state index contributed by atoms with van der Waals surface area (Å²) in [7, 11) is 2.97. The summed E-state index contributed by atoms with van der Waals surface area (Å²) in [5.74, 6) is 0.712. The summed E-state index contributed by atoms with van der Waals surface area (Å²) in [5, 5.41) is 10.3. The Morgan fingerprint density at radius 3 is 2.62 bits per heavy atom. The predicted octanol–water partition coefficient (Wildman–Crippen LogP) is 0.490.